The second-order valence-electron chi connectivity index (χ2n) is 10.5. The van der Waals surface area contributed by atoms with E-state index in [1.54, 1.807) is 0 Å². The van der Waals surface area contributed by atoms with Gasteiger partial charge in [-0.1, -0.05) is 58.0 Å². The molecule has 2 N–H and O–H groups in total. The van der Waals surface area contributed by atoms with E-state index >= 15 is 0 Å². The first kappa shape index (κ1) is 21.4. The number of nitrogens with one attached hydrogen (secondary N) is 2. The van der Waals surface area contributed by atoms with Crippen LogP contribution in [-0.2, 0) is 16.0 Å². The molecule has 3 aliphatic heterocycles. The third kappa shape index (κ3) is 3.77. The highest BCUT2D eigenvalue weighted by Crippen LogP contribution is 2.53. The van der Waals surface area contributed by atoms with Gasteiger partial charge >= 0.3 is 0 Å². The summed E-state index contributed by atoms with van der Waals surface area (Å²) in [5, 5.41) is 6.42. The molecule has 0 radical (unpaired) electrons. The number of amides is 2. The second-order valence-corrected chi connectivity index (χ2v) is 10.5. The van der Waals surface area contributed by atoms with Crippen LogP contribution in [0.5, 0.6) is 0 Å². The molecule has 1 aromatic rings. The number of carbonyl (C=O) groups is 2. The molecule has 2 amide bonds. The highest BCUT2D eigenvalue weighted by Gasteiger charge is 2.67. The lowest BCUT2D eigenvalue weighted by Crippen LogP contribution is -2.76. The van der Waals surface area contributed by atoms with Crippen LogP contribution in [0.25, 0.3) is 0 Å². The smallest absolute Gasteiger partial charge is 0.246 e. The minimum absolute atomic E-state index is 0.0165. The molecule has 5 atom stereocenters. The summed E-state index contributed by atoms with van der Waals surface area (Å²) >= 11 is 0. The lowest BCUT2D eigenvalue weighted by Gasteiger charge is -2.55. The van der Waals surface area contributed by atoms with Gasteiger partial charge < -0.3 is 10.6 Å². The van der Waals surface area contributed by atoms with Crippen molar-refractivity contribution in [2.24, 2.45) is 29.6 Å². The summed E-state index contributed by atoms with van der Waals surface area (Å²) in [4.78, 5) is 29.2. The fraction of sp³-hybridized carbons (Fsp3) is 0.680. The first-order chi connectivity index (χ1) is 14.3. The lowest BCUT2D eigenvalue weighted by molar-refractivity contribution is -0.154. The van der Waals surface area contributed by atoms with E-state index in [4.69, 9.17) is 0 Å². The van der Waals surface area contributed by atoms with E-state index in [1.165, 1.54) is 5.56 Å². The summed E-state index contributed by atoms with van der Waals surface area (Å²) in [5.41, 5.74) is 0.450. The first-order valence-corrected chi connectivity index (χ1v) is 11.7. The lowest BCUT2D eigenvalue weighted by atomic mass is 9.57. The number of benzene rings is 1. The number of piperidine rings is 2. The maximum Gasteiger partial charge on any atom is 0.246 e. The average Bonchev–Trinajstić information content (AvgIpc) is 2.98. The van der Waals surface area contributed by atoms with Gasteiger partial charge in [-0.25, -0.2) is 0 Å². The molecule has 5 nitrogen and oxygen atoms in total. The Kier molecular flexibility index (Phi) is 5.93. The maximum atomic E-state index is 13.6. The Bertz CT molecular complexity index is 778. The molecule has 5 rings (SSSR count). The SMILES string of the molecule is CC(C)CCNC(=O)C12CC3CN(CC(C)C)C(C3C(=O)N1)C2Cc1ccccc1. The van der Waals surface area contributed by atoms with Gasteiger partial charge in [-0.3, -0.25) is 14.5 Å². The molecule has 0 aromatic heterocycles. The van der Waals surface area contributed by atoms with Crippen molar-refractivity contribution in [1.29, 1.82) is 0 Å². The Balaban J connectivity index is 1.67. The molecule has 5 heteroatoms. The van der Waals surface area contributed by atoms with E-state index in [1.807, 2.05) is 6.07 Å². The Morgan fingerprint density at radius 2 is 1.93 bits per heavy atom. The predicted molar refractivity (Wildman–Crippen MR) is 119 cm³/mol. The monoisotopic (exact) mass is 411 g/mol. The van der Waals surface area contributed by atoms with Crippen molar-refractivity contribution in [1.82, 2.24) is 15.5 Å². The van der Waals surface area contributed by atoms with Crippen molar-refractivity contribution < 1.29 is 9.59 Å². The maximum absolute atomic E-state index is 13.6. The molecule has 4 bridgehead atoms. The van der Waals surface area contributed by atoms with E-state index in [0.29, 0.717) is 18.4 Å². The molecule has 5 unspecified atom stereocenters. The van der Waals surface area contributed by atoms with Crippen LogP contribution in [0.4, 0.5) is 0 Å². The molecule has 3 heterocycles. The molecular formula is C25H37N3O2. The average molecular weight is 412 g/mol. The molecule has 30 heavy (non-hydrogen) atoms. The van der Waals surface area contributed by atoms with Crippen molar-refractivity contribution in [3.63, 3.8) is 0 Å². The number of likely N-dealkylation sites (tertiary alicyclic amines) is 1. The standard InChI is InChI=1S/C25H37N3O2/c1-16(2)10-11-26-24(30)25-13-19-15-28(14-17(3)4)22(21(19)23(29)27-25)20(25)12-18-8-6-5-7-9-18/h5-9,16-17,19-22H,10-15H2,1-4H3,(H,26,30)(H,27,29). The summed E-state index contributed by atoms with van der Waals surface area (Å²) in [6, 6.07) is 10.6. The largest absolute Gasteiger partial charge is 0.354 e. The Hall–Kier alpha value is -1.88. The quantitative estimate of drug-likeness (QED) is 0.692. The van der Waals surface area contributed by atoms with Gasteiger partial charge in [-0.2, -0.15) is 0 Å². The first-order valence-electron chi connectivity index (χ1n) is 11.7. The third-order valence-electron chi connectivity index (χ3n) is 7.36. The minimum Gasteiger partial charge on any atom is -0.354 e. The fourth-order valence-electron chi connectivity index (χ4n) is 6.19. The van der Waals surface area contributed by atoms with E-state index < -0.39 is 5.54 Å². The molecule has 1 aromatic carbocycles. The number of hydrogen-bond donors (Lipinski definition) is 2. The van der Waals surface area contributed by atoms with Crippen LogP contribution in [0.1, 0.15) is 46.1 Å². The number of nitrogens with zero attached hydrogens (tertiary/aromatic N) is 1. The van der Waals surface area contributed by atoms with Crippen LogP contribution in [0.3, 0.4) is 0 Å². The van der Waals surface area contributed by atoms with E-state index in [0.717, 1.165) is 32.4 Å². The van der Waals surface area contributed by atoms with E-state index in [-0.39, 0.29) is 35.6 Å². The van der Waals surface area contributed by atoms with Gasteiger partial charge in [0.05, 0.1) is 5.92 Å². The molecule has 4 fully saturated rings. The summed E-state index contributed by atoms with van der Waals surface area (Å²) in [6.45, 7) is 11.4. The van der Waals surface area contributed by atoms with Crippen molar-refractivity contribution in [2.75, 3.05) is 19.6 Å². The van der Waals surface area contributed by atoms with Gasteiger partial charge in [0.15, 0.2) is 0 Å². The molecule has 1 saturated carbocycles. The molecule has 4 aliphatic rings. The van der Waals surface area contributed by atoms with Crippen molar-refractivity contribution in [3.8, 4) is 0 Å². The van der Waals surface area contributed by atoms with Gasteiger partial charge in [0.2, 0.25) is 11.8 Å². The fourth-order valence-corrected chi connectivity index (χ4v) is 6.19. The highest BCUT2D eigenvalue weighted by molar-refractivity contribution is 5.96. The summed E-state index contributed by atoms with van der Waals surface area (Å²) in [6.07, 6.45) is 2.54. The van der Waals surface area contributed by atoms with Gasteiger partial charge in [-0.15, -0.1) is 0 Å². The van der Waals surface area contributed by atoms with E-state index in [9.17, 15) is 9.59 Å². The van der Waals surface area contributed by atoms with Gasteiger partial charge in [0.1, 0.15) is 5.54 Å². The van der Waals surface area contributed by atoms with Crippen LogP contribution >= 0.6 is 0 Å². The van der Waals surface area contributed by atoms with Crippen LogP contribution in [0.2, 0.25) is 0 Å². The molecular weight excluding hydrogens is 374 g/mol. The molecule has 0 spiro atoms. The molecule has 1 aliphatic carbocycles. The van der Waals surface area contributed by atoms with Gasteiger partial charge in [0, 0.05) is 31.6 Å². The van der Waals surface area contributed by atoms with Crippen LogP contribution < -0.4 is 10.6 Å². The molecule has 164 valence electrons. The second kappa shape index (κ2) is 8.33. The Morgan fingerprint density at radius 3 is 2.60 bits per heavy atom. The number of fused-ring (bicyclic) bond motifs is 1. The Labute approximate surface area is 181 Å². The van der Waals surface area contributed by atoms with Crippen molar-refractivity contribution >= 4 is 11.8 Å². The zero-order valence-corrected chi connectivity index (χ0v) is 18.9. The van der Waals surface area contributed by atoms with E-state index in [2.05, 4.69) is 67.5 Å². The number of hydrogen-bond acceptors (Lipinski definition) is 3. The normalized spacial score (nSPS) is 32.7. The van der Waals surface area contributed by atoms with Crippen LogP contribution in [0.15, 0.2) is 30.3 Å². The minimum atomic E-state index is -0.792. The summed E-state index contributed by atoms with van der Waals surface area (Å²) in [5.74, 6) is 1.59. The predicted octanol–water partition coefficient (Wildman–Crippen LogP) is 2.85. The van der Waals surface area contributed by atoms with Gasteiger partial charge in [-0.05, 0) is 42.6 Å². The summed E-state index contributed by atoms with van der Waals surface area (Å²) < 4.78 is 0. The summed E-state index contributed by atoms with van der Waals surface area (Å²) in [7, 11) is 0. The third-order valence-corrected chi connectivity index (χ3v) is 7.36. The number of rotatable bonds is 8. The zero-order valence-electron chi connectivity index (χ0n) is 18.9. The van der Waals surface area contributed by atoms with Crippen LogP contribution in [0, 0.1) is 29.6 Å². The van der Waals surface area contributed by atoms with Crippen molar-refractivity contribution in [2.45, 2.75) is 58.5 Å². The van der Waals surface area contributed by atoms with Crippen LogP contribution in [-0.4, -0.2) is 47.9 Å². The topological polar surface area (TPSA) is 61.4 Å². The van der Waals surface area contributed by atoms with Crippen molar-refractivity contribution in [3.05, 3.63) is 35.9 Å². The number of carbonyl (C=O) groups excluding carboxylic acids is 2. The molecule has 3 saturated heterocycles. The Morgan fingerprint density at radius 1 is 1.20 bits per heavy atom. The van der Waals surface area contributed by atoms with Gasteiger partial charge in [0.25, 0.3) is 0 Å². The zero-order chi connectivity index (χ0) is 21.5. The highest BCUT2D eigenvalue weighted by atomic mass is 16.2.